The third kappa shape index (κ3) is 2.84. The molecular formula is C24H22N8O. The molecule has 5 heterocycles. The second kappa shape index (κ2) is 6.81. The van der Waals surface area contributed by atoms with Crippen LogP contribution in [-0.4, -0.2) is 58.5 Å². The highest BCUT2D eigenvalue weighted by Crippen LogP contribution is 2.44. The van der Waals surface area contributed by atoms with Gasteiger partial charge in [-0.1, -0.05) is 6.08 Å². The van der Waals surface area contributed by atoms with E-state index in [4.69, 9.17) is 15.1 Å². The molecule has 0 N–H and O–H groups in total. The van der Waals surface area contributed by atoms with Gasteiger partial charge in [0.15, 0.2) is 5.69 Å². The van der Waals surface area contributed by atoms with Crippen LogP contribution in [0.1, 0.15) is 58.3 Å². The minimum atomic E-state index is -0.148. The molecule has 0 unspecified atom stereocenters. The molecule has 0 spiro atoms. The van der Waals surface area contributed by atoms with Crippen molar-refractivity contribution in [1.82, 2.24) is 39.0 Å². The van der Waals surface area contributed by atoms with Gasteiger partial charge in [-0.25, -0.2) is 15.0 Å². The number of amides is 1. The van der Waals surface area contributed by atoms with Gasteiger partial charge < -0.3 is 4.90 Å². The number of hydrogen-bond acceptors (Lipinski definition) is 6. The van der Waals surface area contributed by atoms with Gasteiger partial charge in [0, 0.05) is 62.2 Å². The van der Waals surface area contributed by atoms with Crippen molar-refractivity contribution in [2.45, 2.75) is 38.1 Å². The maximum absolute atomic E-state index is 13.4. The van der Waals surface area contributed by atoms with E-state index < -0.39 is 0 Å². The zero-order valence-corrected chi connectivity index (χ0v) is 18.3. The summed E-state index contributed by atoms with van der Waals surface area (Å²) in [6, 6.07) is 1.83. The SMILES string of the molecule is CN1CCCn2cc(c(C3CC3)n2)C2=CCc3ncc(nc32)-c2c(nc3ncccn23)C1=O. The fraction of sp³-hybridized carbons (Fsp3) is 0.333. The Hall–Kier alpha value is -3.88. The third-order valence-electron chi connectivity index (χ3n) is 6.72. The van der Waals surface area contributed by atoms with Crippen LogP contribution < -0.4 is 0 Å². The summed E-state index contributed by atoms with van der Waals surface area (Å²) in [7, 11) is 1.81. The van der Waals surface area contributed by atoms with Crippen LogP contribution in [0.25, 0.3) is 22.7 Å². The maximum Gasteiger partial charge on any atom is 0.274 e. The Bertz CT molecular complexity index is 1480. The van der Waals surface area contributed by atoms with Crippen LogP contribution in [0, 0.1) is 0 Å². The Balaban J connectivity index is 1.48. The molecule has 0 saturated heterocycles. The number of nitrogens with zero attached hydrogens (tertiary/aromatic N) is 8. The molecule has 0 atom stereocenters. The minimum absolute atomic E-state index is 0.148. The van der Waals surface area contributed by atoms with E-state index in [2.05, 4.69) is 22.2 Å². The molecule has 9 nitrogen and oxygen atoms in total. The van der Waals surface area contributed by atoms with Crippen LogP contribution in [0.5, 0.6) is 0 Å². The summed E-state index contributed by atoms with van der Waals surface area (Å²) in [5.41, 5.74) is 6.86. The van der Waals surface area contributed by atoms with Gasteiger partial charge in [0.2, 0.25) is 5.78 Å². The molecule has 1 saturated carbocycles. The van der Waals surface area contributed by atoms with Crippen molar-refractivity contribution in [2.75, 3.05) is 13.6 Å². The standard InChI is InChI=1S/C24H22N8O/c1-30-9-3-10-31-13-16(19(29-31)14-4-5-14)15-6-7-17-20(15)27-18(12-26-17)22-21(23(30)33)28-24-25-8-2-11-32(22)24/h2,6,8,11-14H,3-5,7,9-10H2,1H3. The molecule has 164 valence electrons. The number of hydrogen-bond donors (Lipinski definition) is 0. The Labute approximate surface area is 189 Å². The van der Waals surface area contributed by atoms with Crippen LogP contribution >= 0.6 is 0 Å². The molecule has 0 radical (unpaired) electrons. The summed E-state index contributed by atoms with van der Waals surface area (Å²) in [5.74, 6) is 0.854. The first-order valence-corrected chi connectivity index (χ1v) is 11.4. The number of fused-ring (bicyclic) bond motifs is 8. The van der Waals surface area contributed by atoms with Gasteiger partial charge in [-0.3, -0.25) is 18.9 Å². The second-order valence-electron chi connectivity index (χ2n) is 9.02. The smallest absolute Gasteiger partial charge is 0.274 e. The summed E-state index contributed by atoms with van der Waals surface area (Å²) in [6.07, 6.45) is 13.6. The van der Waals surface area contributed by atoms with Crippen LogP contribution in [0.3, 0.4) is 0 Å². The molecule has 4 aromatic rings. The van der Waals surface area contributed by atoms with E-state index in [1.807, 2.05) is 28.4 Å². The number of aromatic nitrogens is 7. The van der Waals surface area contributed by atoms with Crippen molar-refractivity contribution in [1.29, 1.82) is 0 Å². The van der Waals surface area contributed by atoms with Gasteiger partial charge >= 0.3 is 0 Å². The average Bonchev–Trinajstić information content (AvgIpc) is 3.28. The van der Waals surface area contributed by atoms with Crippen molar-refractivity contribution in [2.24, 2.45) is 0 Å². The lowest BCUT2D eigenvalue weighted by atomic mass is 10.0. The van der Waals surface area contributed by atoms with E-state index in [0.29, 0.717) is 35.3 Å². The predicted molar refractivity (Wildman–Crippen MR) is 121 cm³/mol. The monoisotopic (exact) mass is 438 g/mol. The van der Waals surface area contributed by atoms with Gasteiger partial charge in [0.1, 0.15) is 11.4 Å². The van der Waals surface area contributed by atoms with Crippen LogP contribution in [0.15, 0.2) is 36.9 Å². The normalized spacial score (nSPS) is 17.8. The van der Waals surface area contributed by atoms with Crippen molar-refractivity contribution in [3.05, 3.63) is 65.3 Å². The van der Waals surface area contributed by atoms with E-state index in [1.54, 1.807) is 17.3 Å². The molecule has 1 amide bonds. The van der Waals surface area contributed by atoms with Gasteiger partial charge in [-0.15, -0.1) is 0 Å². The molecule has 4 bridgehead atoms. The van der Waals surface area contributed by atoms with Crippen molar-refractivity contribution in [3.8, 4) is 11.4 Å². The van der Waals surface area contributed by atoms with Crippen molar-refractivity contribution >= 4 is 17.3 Å². The van der Waals surface area contributed by atoms with E-state index in [-0.39, 0.29) is 5.91 Å². The fourth-order valence-corrected chi connectivity index (χ4v) is 4.88. The first-order valence-electron chi connectivity index (χ1n) is 11.4. The maximum atomic E-state index is 13.4. The molecule has 4 aromatic heterocycles. The first-order chi connectivity index (χ1) is 16.2. The van der Waals surface area contributed by atoms with Gasteiger partial charge in [0.05, 0.1) is 23.3 Å². The molecule has 1 aliphatic heterocycles. The summed E-state index contributed by atoms with van der Waals surface area (Å²) in [4.78, 5) is 33.9. The van der Waals surface area contributed by atoms with Gasteiger partial charge in [0.25, 0.3) is 5.91 Å². The summed E-state index contributed by atoms with van der Waals surface area (Å²) >= 11 is 0. The largest absolute Gasteiger partial charge is 0.340 e. The zero-order chi connectivity index (χ0) is 22.1. The fourth-order valence-electron chi connectivity index (χ4n) is 4.88. The molecule has 9 heteroatoms. The number of carbonyl (C=O) groups excluding carboxylic acids is 1. The molecule has 3 aliphatic rings. The van der Waals surface area contributed by atoms with E-state index in [9.17, 15) is 4.79 Å². The Kier molecular flexibility index (Phi) is 3.85. The molecule has 1 fully saturated rings. The van der Waals surface area contributed by atoms with Gasteiger partial charge in [-0.2, -0.15) is 5.10 Å². The summed E-state index contributed by atoms with van der Waals surface area (Å²) < 4.78 is 3.86. The number of aryl methyl sites for hydroxylation is 1. The first kappa shape index (κ1) is 18.7. The second-order valence-corrected chi connectivity index (χ2v) is 9.02. The van der Waals surface area contributed by atoms with Crippen molar-refractivity contribution in [3.63, 3.8) is 0 Å². The Morgan fingerprint density at radius 2 is 2.00 bits per heavy atom. The van der Waals surface area contributed by atoms with Crippen LogP contribution in [0.2, 0.25) is 0 Å². The lowest BCUT2D eigenvalue weighted by Crippen LogP contribution is -2.29. The Morgan fingerprint density at radius 3 is 2.88 bits per heavy atom. The third-order valence-corrected chi connectivity index (χ3v) is 6.72. The number of imidazole rings is 1. The van der Waals surface area contributed by atoms with Crippen LogP contribution in [-0.2, 0) is 13.0 Å². The number of rotatable bonds is 1. The van der Waals surface area contributed by atoms with Gasteiger partial charge in [-0.05, 0) is 25.3 Å². The highest BCUT2D eigenvalue weighted by Gasteiger charge is 2.33. The summed E-state index contributed by atoms with van der Waals surface area (Å²) in [5, 5.41) is 4.94. The quantitative estimate of drug-likeness (QED) is 0.454. The molecule has 0 aromatic carbocycles. The van der Waals surface area contributed by atoms with E-state index in [1.165, 1.54) is 24.1 Å². The van der Waals surface area contributed by atoms with E-state index in [0.717, 1.165) is 36.3 Å². The number of allylic oxidation sites excluding steroid dienone is 1. The average molecular weight is 438 g/mol. The molecular weight excluding hydrogens is 416 g/mol. The van der Waals surface area contributed by atoms with Crippen LogP contribution in [0.4, 0.5) is 0 Å². The topological polar surface area (TPSA) is 94.1 Å². The summed E-state index contributed by atoms with van der Waals surface area (Å²) in [6.45, 7) is 1.36. The lowest BCUT2D eigenvalue weighted by molar-refractivity contribution is 0.0787. The Morgan fingerprint density at radius 1 is 1.09 bits per heavy atom. The highest BCUT2D eigenvalue weighted by molar-refractivity contribution is 5.99. The highest BCUT2D eigenvalue weighted by atomic mass is 16.2. The lowest BCUT2D eigenvalue weighted by Gasteiger charge is -2.17. The van der Waals surface area contributed by atoms with E-state index >= 15 is 0 Å². The zero-order valence-electron chi connectivity index (χ0n) is 18.3. The molecule has 2 aliphatic carbocycles. The minimum Gasteiger partial charge on any atom is -0.340 e. The number of carbonyl (C=O) groups is 1. The molecule has 7 rings (SSSR count). The molecule has 33 heavy (non-hydrogen) atoms. The predicted octanol–water partition coefficient (Wildman–Crippen LogP) is 2.72. The van der Waals surface area contributed by atoms with Crippen molar-refractivity contribution < 1.29 is 4.79 Å².